The number of aromatic nitrogens is 1. The molecule has 1 atom stereocenters. The number of carbonyl (C=O) groups excluding carboxylic acids is 1. The summed E-state index contributed by atoms with van der Waals surface area (Å²) in [4.78, 5) is 26.9. The topological polar surface area (TPSA) is 88.0 Å². The quantitative estimate of drug-likeness (QED) is 0.787. The number of nitrogens with two attached hydrogens (primary N) is 1. The fourth-order valence-electron chi connectivity index (χ4n) is 2.38. The summed E-state index contributed by atoms with van der Waals surface area (Å²) in [5.41, 5.74) is 5.69. The van der Waals surface area contributed by atoms with Gasteiger partial charge in [-0.25, -0.2) is 0 Å². The van der Waals surface area contributed by atoms with Gasteiger partial charge in [0, 0.05) is 18.0 Å². The molecular formula is C16H22ClN3O2. The Morgan fingerprint density at radius 1 is 1.32 bits per heavy atom. The van der Waals surface area contributed by atoms with Gasteiger partial charge in [0.25, 0.3) is 11.5 Å². The Labute approximate surface area is 135 Å². The lowest BCUT2D eigenvalue weighted by Gasteiger charge is -2.18. The van der Waals surface area contributed by atoms with Crippen LogP contribution in [0.1, 0.15) is 30.8 Å². The number of benzene rings is 1. The maximum atomic E-state index is 12.3. The van der Waals surface area contributed by atoms with Gasteiger partial charge in [-0.2, -0.15) is 0 Å². The molecule has 1 heterocycles. The zero-order valence-electron chi connectivity index (χ0n) is 12.8. The zero-order chi connectivity index (χ0) is 15.4. The number of aromatic amines is 1. The van der Waals surface area contributed by atoms with E-state index in [9.17, 15) is 9.59 Å². The molecule has 0 aliphatic carbocycles. The van der Waals surface area contributed by atoms with E-state index in [4.69, 9.17) is 5.73 Å². The molecule has 120 valence electrons. The minimum Gasteiger partial charge on any atom is -0.347 e. The van der Waals surface area contributed by atoms with Crippen LogP contribution in [-0.2, 0) is 0 Å². The van der Waals surface area contributed by atoms with E-state index in [0.29, 0.717) is 17.8 Å². The summed E-state index contributed by atoms with van der Waals surface area (Å²) >= 11 is 0. The first-order chi connectivity index (χ1) is 10.0. The van der Waals surface area contributed by atoms with Gasteiger partial charge in [0.15, 0.2) is 0 Å². The van der Waals surface area contributed by atoms with Crippen molar-refractivity contribution < 1.29 is 4.79 Å². The number of H-pyrrole nitrogens is 1. The number of fused-ring (bicyclic) bond motifs is 1. The van der Waals surface area contributed by atoms with E-state index >= 15 is 0 Å². The number of carbonyl (C=O) groups is 1. The molecule has 1 aromatic carbocycles. The first-order valence-corrected chi connectivity index (χ1v) is 7.14. The molecule has 0 saturated carbocycles. The first kappa shape index (κ1) is 18.2. The second-order valence-electron chi connectivity index (χ2n) is 5.64. The van der Waals surface area contributed by atoms with Crippen molar-refractivity contribution in [2.45, 2.75) is 26.3 Å². The molecule has 1 aromatic heterocycles. The molecule has 4 N–H and O–H groups in total. The van der Waals surface area contributed by atoms with Crippen molar-refractivity contribution in [1.29, 1.82) is 0 Å². The van der Waals surface area contributed by atoms with Crippen LogP contribution in [0.25, 0.3) is 10.8 Å². The summed E-state index contributed by atoms with van der Waals surface area (Å²) < 4.78 is 0. The molecule has 0 bridgehead atoms. The summed E-state index contributed by atoms with van der Waals surface area (Å²) in [5.74, 6) is 0.142. The van der Waals surface area contributed by atoms with Gasteiger partial charge in [0.1, 0.15) is 5.69 Å². The molecule has 0 radical (unpaired) electrons. The summed E-state index contributed by atoms with van der Waals surface area (Å²) in [6.45, 7) is 4.53. The van der Waals surface area contributed by atoms with E-state index < -0.39 is 0 Å². The molecule has 2 aromatic rings. The van der Waals surface area contributed by atoms with Gasteiger partial charge in [-0.15, -0.1) is 12.4 Å². The standard InChI is InChI=1S/C16H21N3O2.ClH/c1-10(2)7-12(9-17)18-16(21)14-8-11-5-3-4-6-13(11)15(20)19-14;/h3-6,8,10,12H,7,9,17H2,1-2H3,(H,18,21)(H,19,20);1H. The van der Waals surface area contributed by atoms with Crippen LogP contribution in [0.5, 0.6) is 0 Å². The van der Waals surface area contributed by atoms with Crippen molar-refractivity contribution in [1.82, 2.24) is 10.3 Å². The van der Waals surface area contributed by atoms with Gasteiger partial charge in [-0.05, 0) is 29.9 Å². The maximum Gasteiger partial charge on any atom is 0.268 e. The summed E-state index contributed by atoms with van der Waals surface area (Å²) in [5, 5.41) is 4.20. The van der Waals surface area contributed by atoms with Gasteiger partial charge in [0.2, 0.25) is 0 Å². The second-order valence-corrected chi connectivity index (χ2v) is 5.64. The Kier molecular flexibility index (Phi) is 6.59. The number of hydrogen-bond acceptors (Lipinski definition) is 3. The molecule has 2 rings (SSSR count). The maximum absolute atomic E-state index is 12.3. The monoisotopic (exact) mass is 323 g/mol. The van der Waals surface area contributed by atoms with Crippen LogP contribution >= 0.6 is 12.4 Å². The van der Waals surface area contributed by atoms with Crippen LogP contribution in [0.2, 0.25) is 0 Å². The molecule has 6 heteroatoms. The number of rotatable bonds is 5. The van der Waals surface area contributed by atoms with Crippen molar-refractivity contribution in [3.8, 4) is 0 Å². The average molecular weight is 324 g/mol. The summed E-state index contributed by atoms with van der Waals surface area (Å²) in [6, 6.07) is 8.78. The van der Waals surface area contributed by atoms with Crippen molar-refractivity contribution in [2.75, 3.05) is 6.54 Å². The lowest BCUT2D eigenvalue weighted by molar-refractivity contribution is 0.0928. The predicted octanol–water partition coefficient (Wildman–Crippen LogP) is 2.05. The van der Waals surface area contributed by atoms with Crippen LogP contribution in [0.3, 0.4) is 0 Å². The summed E-state index contributed by atoms with van der Waals surface area (Å²) in [6.07, 6.45) is 0.806. The van der Waals surface area contributed by atoms with Crippen LogP contribution < -0.4 is 16.6 Å². The SMILES string of the molecule is CC(C)CC(CN)NC(=O)c1cc2ccccc2c(=O)[nH]1.Cl. The van der Waals surface area contributed by atoms with E-state index in [1.165, 1.54) is 0 Å². The Morgan fingerprint density at radius 2 is 2.00 bits per heavy atom. The highest BCUT2D eigenvalue weighted by molar-refractivity contribution is 5.96. The van der Waals surface area contributed by atoms with E-state index in [1.807, 2.05) is 12.1 Å². The Hall–Kier alpha value is -1.85. The van der Waals surface area contributed by atoms with Gasteiger partial charge in [-0.3, -0.25) is 9.59 Å². The lowest BCUT2D eigenvalue weighted by atomic mass is 10.0. The third-order valence-electron chi connectivity index (χ3n) is 3.37. The molecular weight excluding hydrogens is 302 g/mol. The molecule has 1 amide bonds. The number of pyridine rings is 1. The predicted molar refractivity (Wildman–Crippen MR) is 91.6 cm³/mol. The molecule has 22 heavy (non-hydrogen) atoms. The summed E-state index contributed by atoms with van der Waals surface area (Å²) in [7, 11) is 0. The van der Waals surface area contributed by atoms with Crippen molar-refractivity contribution >= 4 is 29.1 Å². The number of nitrogens with one attached hydrogen (secondary N) is 2. The number of hydrogen-bond donors (Lipinski definition) is 3. The second kappa shape index (κ2) is 7.96. The Morgan fingerprint density at radius 3 is 2.64 bits per heavy atom. The normalized spacial score (nSPS) is 12.0. The lowest BCUT2D eigenvalue weighted by Crippen LogP contribution is -2.41. The fourth-order valence-corrected chi connectivity index (χ4v) is 2.38. The van der Waals surface area contributed by atoms with Crippen molar-refractivity contribution in [3.63, 3.8) is 0 Å². The highest BCUT2D eigenvalue weighted by atomic mass is 35.5. The third-order valence-corrected chi connectivity index (χ3v) is 3.37. The molecule has 0 aliphatic heterocycles. The zero-order valence-corrected chi connectivity index (χ0v) is 13.6. The molecule has 0 spiro atoms. The minimum absolute atomic E-state index is 0. The smallest absolute Gasteiger partial charge is 0.268 e. The van der Waals surface area contributed by atoms with E-state index in [2.05, 4.69) is 24.1 Å². The first-order valence-electron chi connectivity index (χ1n) is 7.14. The molecule has 1 unspecified atom stereocenters. The van der Waals surface area contributed by atoms with Gasteiger partial charge < -0.3 is 16.0 Å². The molecule has 0 saturated heterocycles. The molecule has 0 aliphatic rings. The van der Waals surface area contributed by atoms with E-state index in [-0.39, 0.29) is 35.6 Å². The Bertz CT molecular complexity index is 697. The van der Waals surface area contributed by atoms with Crippen molar-refractivity contribution in [3.05, 3.63) is 46.4 Å². The van der Waals surface area contributed by atoms with E-state index in [0.717, 1.165) is 11.8 Å². The van der Waals surface area contributed by atoms with Crippen LogP contribution in [-0.4, -0.2) is 23.5 Å². The van der Waals surface area contributed by atoms with Crippen molar-refractivity contribution in [2.24, 2.45) is 11.7 Å². The van der Waals surface area contributed by atoms with Gasteiger partial charge >= 0.3 is 0 Å². The number of halogens is 1. The van der Waals surface area contributed by atoms with Crippen LogP contribution in [0.4, 0.5) is 0 Å². The molecule has 0 fully saturated rings. The Balaban J connectivity index is 0.00000242. The van der Waals surface area contributed by atoms with Crippen LogP contribution in [0.15, 0.2) is 35.1 Å². The third kappa shape index (κ3) is 4.32. The minimum atomic E-state index is -0.297. The fraction of sp³-hybridized carbons (Fsp3) is 0.375. The average Bonchev–Trinajstić information content (AvgIpc) is 2.46. The molecule has 5 nitrogen and oxygen atoms in total. The highest BCUT2D eigenvalue weighted by Gasteiger charge is 2.15. The largest absolute Gasteiger partial charge is 0.347 e. The van der Waals surface area contributed by atoms with Gasteiger partial charge in [0.05, 0.1) is 0 Å². The van der Waals surface area contributed by atoms with Gasteiger partial charge in [-0.1, -0.05) is 32.0 Å². The van der Waals surface area contributed by atoms with Crippen LogP contribution in [0, 0.1) is 5.92 Å². The van der Waals surface area contributed by atoms with E-state index in [1.54, 1.807) is 18.2 Å². The highest BCUT2D eigenvalue weighted by Crippen LogP contribution is 2.10. The number of amides is 1.